The second-order valence-electron chi connectivity index (χ2n) is 7.34. The zero-order valence-corrected chi connectivity index (χ0v) is 16.5. The van der Waals surface area contributed by atoms with E-state index in [4.69, 9.17) is 0 Å². The first-order valence-corrected chi connectivity index (χ1v) is 10.1. The molecule has 2 N–H and O–H groups in total. The van der Waals surface area contributed by atoms with Crippen LogP contribution in [-0.2, 0) is 6.42 Å². The lowest BCUT2D eigenvalue weighted by Crippen LogP contribution is -2.29. The molecular formula is C23H25FN4O. The highest BCUT2D eigenvalue weighted by molar-refractivity contribution is 6.06. The van der Waals surface area contributed by atoms with E-state index in [1.54, 1.807) is 6.07 Å². The molecule has 5 nitrogen and oxygen atoms in total. The number of halogens is 1. The molecule has 29 heavy (non-hydrogen) atoms. The molecule has 6 heteroatoms. The van der Waals surface area contributed by atoms with Gasteiger partial charge < -0.3 is 10.2 Å². The third kappa shape index (κ3) is 4.16. The lowest BCUT2D eigenvalue weighted by atomic mass is 10.1. The second-order valence-corrected chi connectivity index (χ2v) is 7.34. The molecule has 1 aliphatic heterocycles. The molecule has 2 heterocycles. The van der Waals surface area contributed by atoms with Gasteiger partial charge in [-0.2, -0.15) is 5.10 Å². The van der Waals surface area contributed by atoms with Crippen LogP contribution in [0.25, 0.3) is 11.3 Å². The smallest absolute Gasteiger partial charge is 0.255 e. The second kappa shape index (κ2) is 8.47. The Hall–Kier alpha value is -3.15. The van der Waals surface area contributed by atoms with Gasteiger partial charge in [-0.3, -0.25) is 9.89 Å². The van der Waals surface area contributed by atoms with Crippen molar-refractivity contribution in [3.05, 3.63) is 65.6 Å². The number of nitrogens with zero attached hydrogens (tertiary/aromatic N) is 2. The lowest BCUT2D eigenvalue weighted by molar-refractivity contribution is 0.102. The van der Waals surface area contributed by atoms with Crippen molar-refractivity contribution in [2.75, 3.05) is 23.3 Å². The Balaban J connectivity index is 1.60. The van der Waals surface area contributed by atoms with E-state index in [0.29, 0.717) is 17.8 Å². The van der Waals surface area contributed by atoms with E-state index in [9.17, 15) is 9.18 Å². The van der Waals surface area contributed by atoms with Gasteiger partial charge in [0.1, 0.15) is 11.5 Å². The summed E-state index contributed by atoms with van der Waals surface area (Å²) in [5.74, 6) is -0.791. The zero-order chi connectivity index (χ0) is 20.2. The van der Waals surface area contributed by atoms with E-state index in [1.807, 2.05) is 19.1 Å². The van der Waals surface area contributed by atoms with Crippen LogP contribution in [0.3, 0.4) is 0 Å². The van der Waals surface area contributed by atoms with Gasteiger partial charge in [-0.1, -0.05) is 25.1 Å². The van der Waals surface area contributed by atoms with E-state index < -0.39 is 5.82 Å². The summed E-state index contributed by atoms with van der Waals surface area (Å²) in [4.78, 5) is 15.1. The van der Waals surface area contributed by atoms with Crippen molar-refractivity contribution < 1.29 is 9.18 Å². The molecule has 2 aromatic carbocycles. The molecule has 0 atom stereocenters. The molecule has 0 radical (unpaired) electrons. The largest absolute Gasteiger partial charge is 0.372 e. The highest BCUT2D eigenvalue weighted by Gasteiger charge is 2.18. The number of carbonyl (C=O) groups excluding carboxylic acids is 1. The number of H-pyrrole nitrogens is 1. The van der Waals surface area contributed by atoms with Crippen LogP contribution in [0.5, 0.6) is 0 Å². The fourth-order valence-corrected chi connectivity index (χ4v) is 3.78. The molecule has 1 fully saturated rings. The number of piperidine rings is 1. The van der Waals surface area contributed by atoms with Crippen LogP contribution >= 0.6 is 0 Å². The Labute approximate surface area is 169 Å². The van der Waals surface area contributed by atoms with E-state index >= 15 is 0 Å². The van der Waals surface area contributed by atoms with E-state index in [-0.39, 0.29) is 11.5 Å². The topological polar surface area (TPSA) is 61.0 Å². The number of hydrogen-bond donors (Lipinski definition) is 2. The Morgan fingerprint density at radius 1 is 1.14 bits per heavy atom. The van der Waals surface area contributed by atoms with Crippen molar-refractivity contribution in [3.8, 4) is 11.3 Å². The number of aromatic amines is 1. The number of hydrogen-bond acceptors (Lipinski definition) is 3. The molecule has 4 rings (SSSR count). The SMILES string of the molecule is CCc1[nH]nc(-c2ccc(N3CCCCC3)cc2)c1NC(=O)c1cccc(F)c1. The van der Waals surface area contributed by atoms with Gasteiger partial charge in [0.2, 0.25) is 0 Å². The van der Waals surface area contributed by atoms with Gasteiger partial charge in [-0.15, -0.1) is 0 Å². The lowest BCUT2D eigenvalue weighted by Gasteiger charge is -2.28. The van der Waals surface area contributed by atoms with Crippen molar-refractivity contribution in [3.63, 3.8) is 0 Å². The summed E-state index contributed by atoms with van der Waals surface area (Å²) in [6.07, 6.45) is 4.46. The third-order valence-electron chi connectivity index (χ3n) is 5.38. The number of anilines is 2. The van der Waals surface area contributed by atoms with E-state index in [2.05, 4.69) is 32.5 Å². The third-order valence-corrected chi connectivity index (χ3v) is 5.38. The first kappa shape index (κ1) is 19.2. The van der Waals surface area contributed by atoms with Crippen molar-refractivity contribution in [1.29, 1.82) is 0 Å². The van der Waals surface area contributed by atoms with Crippen molar-refractivity contribution in [2.45, 2.75) is 32.6 Å². The van der Waals surface area contributed by atoms with Crippen LogP contribution in [0.4, 0.5) is 15.8 Å². The maximum atomic E-state index is 13.5. The number of nitrogens with one attached hydrogen (secondary N) is 2. The molecule has 0 aliphatic carbocycles. The summed E-state index contributed by atoms with van der Waals surface area (Å²) in [6, 6.07) is 14.0. The van der Waals surface area contributed by atoms with Crippen LogP contribution in [0.1, 0.15) is 42.2 Å². The van der Waals surface area contributed by atoms with Gasteiger partial charge in [0.05, 0.1) is 11.4 Å². The van der Waals surface area contributed by atoms with Gasteiger partial charge in [-0.25, -0.2) is 4.39 Å². The first-order valence-electron chi connectivity index (χ1n) is 10.1. The first-order chi connectivity index (χ1) is 14.2. The summed E-state index contributed by atoms with van der Waals surface area (Å²) in [5, 5.41) is 10.4. The van der Waals surface area contributed by atoms with Crippen molar-refractivity contribution in [1.82, 2.24) is 10.2 Å². The minimum Gasteiger partial charge on any atom is -0.372 e. The molecule has 1 aliphatic rings. The normalized spacial score (nSPS) is 14.1. The predicted molar refractivity (Wildman–Crippen MR) is 114 cm³/mol. The van der Waals surface area contributed by atoms with Gasteiger partial charge >= 0.3 is 0 Å². The molecule has 3 aromatic rings. The number of benzene rings is 2. The quantitative estimate of drug-likeness (QED) is 0.641. The Kier molecular flexibility index (Phi) is 5.60. The maximum Gasteiger partial charge on any atom is 0.255 e. The maximum absolute atomic E-state index is 13.5. The predicted octanol–water partition coefficient (Wildman–Crippen LogP) is 5.02. The molecule has 1 aromatic heterocycles. The van der Waals surface area contributed by atoms with E-state index in [0.717, 1.165) is 24.3 Å². The monoisotopic (exact) mass is 392 g/mol. The molecule has 1 saturated heterocycles. The highest BCUT2D eigenvalue weighted by atomic mass is 19.1. The molecule has 150 valence electrons. The van der Waals surface area contributed by atoms with Gasteiger partial charge in [0.25, 0.3) is 5.91 Å². The minimum absolute atomic E-state index is 0.277. The number of aryl methyl sites for hydroxylation is 1. The average molecular weight is 392 g/mol. The highest BCUT2D eigenvalue weighted by Crippen LogP contribution is 2.31. The summed E-state index contributed by atoms with van der Waals surface area (Å²) in [5.41, 5.74) is 4.59. The van der Waals surface area contributed by atoms with Crippen molar-refractivity contribution in [2.24, 2.45) is 0 Å². The molecule has 0 spiro atoms. The minimum atomic E-state index is -0.436. The Bertz CT molecular complexity index is 990. The fourth-order valence-electron chi connectivity index (χ4n) is 3.78. The molecule has 1 amide bonds. The van der Waals surface area contributed by atoms with Crippen LogP contribution in [-0.4, -0.2) is 29.2 Å². The van der Waals surface area contributed by atoms with E-state index in [1.165, 1.54) is 43.1 Å². The van der Waals surface area contributed by atoms with Crippen molar-refractivity contribution >= 4 is 17.3 Å². The molecular weight excluding hydrogens is 367 g/mol. The summed E-state index contributed by atoms with van der Waals surface area (Å²) in [7, 11) is 0. The number of rotatable bonds is 5. The Morgan fingerprint density at radius 3 is 2.59 bits per heavy atom. The van der Waals surface area contributed by atoms with Crippen LogP contribution in [0.15, 0.2) is 48.5 Å². The van der Waals surface area contributed by atoms with Gasteiger partial charge in [-0.05, 0) is 56.0 Å². The van der Waals surface area contributed by atoms with Crippen LogP contribution in [0, 0.1) is 5.82 Å². The summed E-state index contributed by atoms with van der Waals surface area (Å²) >= 11 is 0. The fraction of sp³-hybridized carbons (Fsp3) is 0.304. The summed E-state index contributed by atoms with van der Waals surface area (Å²) in [6.45, 7) is 4.18. The molecule has 0 bridgehead atoms. The average Bonchev–Trinajstić information content (AvgIpc) is 3.17. The molecule has 0 saturated carbocycles. The van der Waals surface area contributed by atoms with Crippen LogP contribution in [0.2, 0.25) is 0 Å². The summed E-state index contributed by atoms with van der Waals surface area (Å²) < 4.78 is 13.5. The van der Waals surface area contributed by atoms with Gasteiger partial charge in [0, 0.05) is 29.9 Å². The number of aromatic nitrogens is 2. The zero-order valence-electron chi connectivity index (χ0n) is 16.5. The number of amides is 1. The van der Waals surface area contributed by atoms with Gasteiger partial charge in [0.15, 0.2) is 0 Å². The standard InChI is InChI=1S/C23H25FN4O/c1-2-20-22(25-23(29)17-7-6-8-18(24)15-17)21(27-26-20)16-9-11-19(12-10-16)28-13-4-3-5-14-28/h6-12,15H,2-5,13-14H2,1H3,(H,25,29)(H,26,27). The number of carbonyl (C=O) groups is 1. The Morgan fingerprint density at radius 2 is 1.90 bits per heavy atom. The molecule has 0 unspecified atom stereocenters. The van der Waals surface area contributed by atoms with Crippen LogP contribution < -0.4 is 10.2 Å².